The van der Waals surface area contributed by atoms with Gasteiger partial charge in [0.1, 0.15) is 0 Å². The third-order valence-electron chi connectivity index (χ3n) is 16.2. The van der Waals surface area contributed by atoms with E-state index in [0.29, 0.717) is 19.4 Å². The van der Waals surface area contributed by atoms with Gasteiger partial charge in [0.25, 0.3) is 0 Å². The Hall–Kier alpha value is -1.92. The number of hydrogen-bond donors (Lipinski definition) is 3. The number of unbranched alkanes of at least 4 members (excludes halogenated alkanes) is 50. The van der Waals surface area contributed by atoms with Gasteiger partial charge in [-0.15, -0.1) is 0 Å². The number of nitrogens with one attached hydrogen (secondary N) is 1. The molecule has 0 spiro atoms. The average Bonchev–Trinajstić information content (AvgIpc) is 3.43. The Morgan fingerprint density at radius 2 is 0.649 bits per heavy atom. The molecule has 0 aromatic rings. The Labute approximate surface area is 481 Å². The van der Waals surface area contributed by atoms with Crippen LogP contribution in [0.3, 0.4) is 0 Å². The summed E-state index contributed by atoms with van der Waals surface area (Å²) in [5.41, 5.74) is 0. The van der Waals surface area contributed by atoms with Crippen LogP contribution in [0.2, 0.25) is 0 Å². The molecular formula is C71H135NO5. The molecule has 0 heterocycles. The summed E-state index contributed by atoms with van der Waals surface area (Å²) in [6.07, 6.45) is 85.1. The number of carbonyl (C=O) groups excluding carboxylic acids is 2. The minimum absolute atomic E-state index is 0.0318. The summed E-state index contributed by atoms with van der Waals surface area (Å²) in [7, 11) is 0. The average molecular weight is 1080 g/mol. The van der Waals surface area contributed by atoms with Crippen LogP contribution in [-0.4, -0.2) is 47.4 Å². The van der Waals surface area contributed by atoms with E-state index in [0.717, 1.165) is 51.4 Å². The van der Waals surface area contributed by atoms with Gasteiger partial charge in [0.05, 0.1) is 25.4 Å². The van der Waals surface area contributed by atoms with Crippen LogP contribution >= 0.6 is 0 Å². The van der Waals surface area contributed by atoms with Crippen LogP contribution in [0.5, 0.6) is 0 Å². The quantitative estimate of drug-likeness (QED) is 0.0320. The number of ether oxygens (including phenoxy) is 1. The van der Waals surface area contributed by atoms with E-state index in [4.69, 9.17) is 4.74 Å². The Morgan fingerprint density at radius 3 is 0.987 bits per heavy atom. The van der Waals surface area contributed by atoms with Crippen LogP contribution in [0.1, 0.15) is 380 Å². The number of aliphatic hydroxyl groups excluding tert-OH is 2. The Bertz CT molecular complexity index is 1250. The predicted octanol–water partition coefficient (Wildman–Crippen LogP) is 22.3. The zero-order chi connectivity index (χ0) is 55.7. The minimum atomic E-state index is -0.850. The maximum absolute atomic E-state index is 12.5. The molecule has 454 valence electrons. The fourth-order valence-electron chi connectivity index (χ4n) is 10.9. The first-order valence-corrected chi connectivity index (χ1v) is 34.8. The summed E-state index contributed by atoms with van der Waals surface area (Å²) in [4.78, 5) is 24.6. The van der Waals surface area contributed by atoms with E-state index in [2.05, 4.69) is 43.5 Å². The second-order valence-electron chi connectivity index (χ2n) is 23.9. The number of carbonyl (C=O) groups is 2. The van der Waals surface area contributed by atoms with Crippen molar-refractivity contribution in [3.63, 3.8) is 0 Å². The number of amides is 1. The van der Waals surface area contributed by atoms with E-state index in [1.807, 2.05) is 6.08 Å². The van der Waals surface area contributed by atoms with Gasteiger partial charge in [-0.3, -0.25) is 9.59 Å². The molecule has 0 saturated carbocycles. The Morgan fingerprint density at radius 1 is 0.364 bits per heavy atom. The normalized spacial score (nSPS) is 12.7. The highest BCUT2D eigenvalue weighted by atomic mass is 16.5. The van der Waals surface area contributed by atoms with E-state index in [9.17, 15) is 19.8 Å². The molecule has 3 N–H and O–H groups in total. The summed E-state index contributed by atoms with van der Waals surface area (Å²) in [5, 5.41) is 23.3. The molecule has 0 saturated heterocycles. The van der Waals surface area contributed by atoms with Crippen molar-refractivity contribution in [3.05, 3.63) is 36.5 Å². The molecule has 0 fully saturated rings. The van der Waals surface area contributed by atoms with Gasteiger partial charge in [-0.2, -0.15) is 0 Å². The molecule has 2 unspecified atom stereocenters. The molecule has 0 aliphatic carbocycles. The van der Waals surface area contributed by atoms with Crippen molar-refractivity contribution in [1.29, 1.82) is 0 Å². The van der Waals surface area contributed by atoms with E-state index < -0.39 is 12.1 Å². The van der Waals surface area contributed by atoms with Crippen molar-refractivity contribution in [2.24, 2.45) is 0 Å². The van der Waals surface area contributed by atoms with Gasteiger partial charge in [-0.1, -0.05) is 352 Å². The lowest BCUT2D eigenvalue weighted by atomic mass is 10.0. The molecule has 0 aliphatic heterocycles. The summed E-state index contributed by atoms with van der Waals surface area (Å²) < 4.78 is 5.43. The monoisotopic (exact) mass is 1080 g/mol. The molecule has 0 bridgehead atoms. The summed E-state index contributed by atoms with van der Waals surface area (Å²) in [6.45, 7) is 4.83. The minimum Gasteiger partial charge on any atom is -0.465 e. The first-order chi connectivity index (χ1) is 38.0. The summed E-state index contributed by atoms with van der Waals surface area (Å²) >= 11 is 0. The first kappa shape index (κ1) is 75.1. The third-order valence-corrected chi connectivity index (χ3v) is 16.2. The number of esters is 1. The maximum atomic E-state index is 12.5. The van der Waals surface area contributed by atoms with Crippen molar-refractivity contribution in [2.45, 2.75) is 392 Å². The van der Waals surface area contributed by atoms with E-state index in [1.54, 1.807) is 6.08 Å². The van der Waals surface area contributed by atoms with Gasteiger partial charge in [-0.05, 0) is 51.4 Å². The van der Waals surface area contributed by atoms with Crippen LogP contribution in [0.15, 0.2) is 36.5 Å². The van der Waals surface area contributed by atoms with E-state index in [1.165, 1.54) is 302 Å². The third kappa shape index (κ3) is 63.1. The van der Waals surface area contributed by atoms with Crippen molar-refractivity contribution in [1.82, 2.24) is 5.32 Å². The maximum Gasteiger partial charge on any atom is 0.305 e. The van der Waals surface area contributed by atoms with Gasteiger partial charge in [0.15, 0.2) is 0 Å². The summed E-state index contributed by atoms with van der Waals surface area (Å²) in [6, 6.07) is -0.633. The molecule has 0 aliphatic rings. The Kier molecular flexibility index (Phi) is 64.9. The van der Waals surface area contributed by atoms with Gasteiger partial charge >= 0.3 is 5.97 Å². The zero-order valence-electron chi connectivity index (χ0n) is 52.0. The largest absolute Gasteiger partial charge is 0.465 e. The SMILES string of the molecule is CCCCCCCCCCCCCCCCCCCCCCC/C=C/C(O)C(CO)NC(=O)CCCCCCCCCCCCCCCC/C=C\C/C=C\CCOC(=O)CCCCCCCCCCCCCCCCCC. The second kappa shape index (κ2) is 66.6. The fraction of sp³-hybridized carbons (Fsp3) is 0.887. The van der Waals surface area contributed by atoms with Gasteiger partial charge in [-0.25, -0.2) is 0 Å². The topological polar surface area (TPSA) is 95.9 Å². The van der Waals surface area contributed by atoms with Crippen molar-refractivity contribution in [2.75, 3.05) is 13.2 Å². The van der Waals surface area contributed by atoms with Crippen LogP contribution in [0.25, 0.3) is 0 Å². The standard InChI is InChI=1S/C71H135NO5/c1-3-5-7-9-11-13-15-17-19-21-22-23-24-26-29-32-35-39-43-47-51-55-59-63-69(74)68(67-73)72-70(75)64-60-56-52-48-44-40-36-33-30-27-25-28-31-34-38-42-46-50-54-58-62-66-77-71(76)65-61-57-53-49-45-41-37-20-18-16-14-12-10-8-6-4-2/h42,46,54,58-59,63,68-69,73-74H,3-41,43-45,47-53,55-57,60-62,64-67H2,1-2H3,(H,72,75)/b46-42-,58-54-,63-59+. The molecule has 1 amide bonds. The molecule has 0 radical (unpaired) electrons. The molecule has 6 nitrogen and oxygen atoms in total. The molecule has 0 aromatic heterocycles. The van der Waals surface area contributed by atoms with E-state index >= 15 is 0 Å². The lowest BCUT2D eigenvalue weighted by molar-refractivity contribution is -0.143. The predicted molar refractivity (Wildman–Crippen MR) is 338 cm³/mol. The highest BCUT2D eigenvalue weighted by Crippen LogP contribution is 2.18. The highest BCUT2D eigenvalue weighted by Gasteiger charge is 2.18. The highest BCUT2D eigenvalue weighted by molar-refractivity contribution is 5.76. The van der Waals surface area contributed by atoms with Crippen LogP contribution in [0.4, 0.5) is 0 Å². The Balaban J connectivity index is 3.46. The van der Waals surface area contributed by atoms with Crippen LogP contribution in [0, 0.1) is 0 Å². The first-order valence-electron chi connectivity index (χ1n) is 34.8. The van der Waals surface area contributed by atoms with Gasteiger partial charge < -0.3 is 20.3 Å². The smallest absolute Gasteiger partial charge is 0.305 e. The molecule has 0 aromatic carbocycles. The zero-order valence-corrected chi connectivity index (χ0v) is 52.0. The van der Waals surface area contributed by atoms with Crippen molar-refractivity contribution >= 4 is 11.9 Å². The summed E-state index contributed by atoms with van der Waals surface area (Å²) in [5.74, 6) is -0.101. The fourth-order valence-corrected chi connectivity index (χ4v) is 10.9. The van der Waals surface area contributed by atoms with E-state index in [-0.39, 0.29) is 18.5 Å². The molecule has 6 heteroatoms. The lowest BCUT2D eigenvalue weighted by Gasteiger charge is -2.20. The number of aliphatic hydroxyl groups is 2. The van der Waals surface area contributed by atoms with Gasteiger partial charge in [0, 0.05) is 12.8 Å². The lowest BCUT2D eigenvalue weighted by Crippen LogP contribution is -2.45. The molecule has 0 rings (SSSR count). The molecular weight excluding hydrogens is 947 g/mol. The van der Waals surface area contributed by atoms with Crippen LogP contribution in [-0.2, 0) is 14.3 Å². The van der Waals surface area contributed by atoms with Crippen molar-refractivity contribution in [3.8, 4) is 0 Å². The molecule has 77 heavy (non-hydrogen) atoms. The number of hydrogen-bond acceptors (Lipinski definition) is 5. The number of allylic oxidation sites excluding steroid dienone is 4. The van der Waals surface area contributed by atoms with Crippen LogP contribution < -0.4 is 5.32 Å². The van der Waals surface area contributed by atoms with Gasteiger partial charge in [0.2, 0.25) is 5.91 Å². The molecule has 2 atom stereocenters. The second-order valence-corrected chi connectivity index (χ2v) is 23.9. The van der Waals surface area contributed by atoms with Crippen molar-refractivity contribution < 1.29 is 24.5 Å². The number of rotatable bonds is 65.